The highest BCUT2D eigenvalue weighted by atomic mass is 16.5. The minimum Gasteiger partial charge on any atom is -0.507 e. The molecule has 196 valence electrons. The largest absolute Gasteiger partial charge is 0.507 e. The molecule has 0 saturated heterocycles. The van der Waals surface area contributed by atoms with Crippen LogP contribution >= 0.6 is 0 Å². The zero-order chi connectivity index (χ0) is 26.8. The fraction of sp³-hybridized carbons (Fsp3) is 0.233. The smallest absolute Gasteiger partial charge is 0.203 e. The Morgan fingerprint density at radius 3 is 2.13 bits per heavy atom. The van der Waals surface area contributed by atoms with Gasteiger partial charge in [0.15, 0.2) is 11.5 Å². The predicted octanol–water partition coefficient (Wildman–Crippen LogP) is 5.94. The highest BCUT2D eigenvalue weighted by Crippen LogP contribution is 2.47. The van der Waals surface area contributed by atoms with Gasteiger partial charge in [-0.15, -0.1) is 0 Å². The zero-order valence-corrected chi connectivity index (χ0v) is 22.0. The van der Waals surface area contributed by atoms with Crippen LogP contribution in [-0.2, 0) is 0 Å². The number of anilines is 1. The van der Waals surface area contributed by atoms with E-state index < -0.39 is 0 Å². The molecular formula is C30H30N2O6. The number of phenols is 1. The second-order valence-electron chi connectivity index (χ2n) is 8.79. The van der Waals surface area contributed by atoms with Crippen LogP contribution < -0.4 is 28.7 Å². The van der Waals surface area contributed by atoms with Gasteiger partial charge in [-0.25, -0.2) is 0 Å². The van der Waals surface area contributed by atoms with Crippen molar-refractivity contribution in [3.63, 3.8) is 0 Å². The number of hydrogen-bond donors (Lipinski definition) is 1. The molecule has 1 aliphatic rings. The molecule has 0 amide bonds. The Kier molecular flexibility index (Phi) is 6.87. The summed E-state index contributed by atoms with van der Waals surface area (Å²) in [5.74, 6) is 3.09. The van der Waals surface area contributed by atoms with Gasteiger partial charge >= 0.3 is 0 Å². The number of methoxy groups -OCH3 is 5. The fourth-order valence-electron chi connectivity index (χ4n) is 4.93. The van der Waals surface area contributed by atoms with E-state index in [0.29, 0.717) is 40.7 Å². The number of hydrazone groups is 1. The molecule has 1 unspecified atom stereocenters. The van der Waals surface area contributed by atoms with Crippen molar-refractivity contribution in [1.29, 1.82) is 0 Å². The molecule has 1 heterocycles. The Hall–Kier alpha value is -4.59. The van der Waals surface area contributed by atoms with Gasteiger partial charge < -0.3 is 28.8 Å². The molecule has 8 heteroatoms. The summed E-state index contributed by atoms with van der Waals surface area (Å²) < 4.78 is 27.9. The predicted molar refractivity (Wildman–Crippen MR) is 148 cm³/mol. The summed E-state index contributed by atoms with van der Waals surface area (Å²) >= 11 is 0. The van der Waals surface area contributed by atoms with E-state index in [1.807, 2.05) is 71.7 Å². The third-order valence-electron chi connectivity index (χ3n) is 6.84. The number of benzene rings is 4. The first-order valence-corrected chi connectivity index (χ1v) is 12.1. The molecule has 8 nitrogen and oxygen atoms in total. The SMILES string of the molecule is COc1ccc(C2CC(c3ccc4ccccc4c3O)=NN2c2cc(OC)c(OC)c(OC)c2)c(OC)c1. The Bertz CT molecular complexity index is 1490. The van der Waals surface area contributed by atoms with E-state index in [2.05, 4.69) is 0 Å². The van der Waals surface area contributed by atoms with Crippen molar-refractivity contribution < 1.29 is 28.8 Å². The lowest BCUT2D eigenvalue weighted by atomic mass is 9.95. The maximum atomic E-state index is 11.2. The minimum absolute atomic E-state index is 0.203. The van der Waals surface area contributed by atoms with E-state index in [1.165, 1.54) is 0 Å². The lowest BCUT2D eigenvalue weighted by Crippen LogP contribution is -2.19. The molecule has 0 bridgehead atoms. The van der Waals surface area contributed by atoms with E-state index in [1.54, 1.807) is 35.5 Å². The molecular weight excluding hydrogens is 484 g/mol. The Morgan fingerprint density at radius 2 is 1.47 bits per heavy atom. The van der Waals surface area contributed by atoms with Crippen molar-refractivity contribution in [3.8, 4) is 34.5 Å². The second-order valence-corrected chi connectivity index (χ2v) is 8.79. The maximum Gasteiger partial charge on any atom is 0.203 e. The van der Waals surface area contributed by atoms with Gasteiger partial charge in [0.1, 0.15) is 17.2 Å². The molecule has 0 radical (unpaired) electrons. The highest BCUT2D eigenvalue weighted by molar-refractivity contribution is 6.09. The summed E-state index contributed by atoms with van der Waals surface area (Å²) in [5, 5.41) is 19.9. The summed E-state index contributed by atoms with van der Waals surface area (Å²) in [6.07, 6.45) is 0.519. The number of rotatable bonds is 8. The molecule has 4 aromatic rings. The second kappa shape index (κ2) is 10.4. The quantitative estimate of drug-likeness (QED) is 0.311. The monoisotopic (exact) mass is 514 g/mol. The summed E-state index contributed by atoms with van der Waals surface area (Å²) in [6.45, 7) is 0. The lowest BCUT2D eigenvalue weighted by molar-refractivity contribution is 0.324. The zero-order valence-electron chi connectivity index (χ0n) is 22.0. The lowest BCUT2D eigenvalue weighted by Gasteiger charge is -2.26. The topological polar surface area (TPSA) is 82.0 Å². The Balaban J connectivity index is 1.68. The minimum atomic E-state index is -0.250. The normalized spacial score (nSPS) is 14.8. The van der Waals surface area contributed by atoms with Crippen molar-refractivity contribution in [2.75, 3.05) is 40.6 Å². The van der Waals surface area contributed by atoms with Crippen molar-refractivity contribution in [3.05, 3.63) is 77.9 Å². The average Bonchev–Trinajstić information content (AvgIpc) is 3.41. The van der Waals surface area contributed by atoms with E-state index in [0.717, 1.165) is 27.7 Å². The van der Waals surface area contributed by atoms with Gasteiger partial charge in [-0.3, -0.25) is 5.01 Å². The van der Waals surface area contributed by atoms with Crippen LogP contribution in [0.2, 0.25) is 0 Å². The fourth-order valence-corrected chi connectivity index (χ4v) is 4.93. The van der Waals surface area contributed by atoms with Gasteiger partial charge in [0.05, 0.1) is 53.0 Å². The molecule has 1 atom stereocenters. The van der Waals surface area contributed by atoms with Crippen LogP contribution in [-0.4, -0.2) is 46.4 Å². The van der Waals surface area contributed by atoms with Crippen LogP contribution in [0.3, 0.4) is 0 Å². The third kappa shape index (κ3) is 4.28. The number of ether oxygens (including phenoxy) is 5. The van der Waals surface area contributed by atoms with Gasteiger partial charge in [-0.05, 0) is 23.6 Å². The summed E-state index contributed by atoms with van der Waals surface area (Å²) in [7, 11) is 7.98. The first-order valence-electron chi connectivity index (χ1n) is 12.1. The van der Waals surface area contributed by atoms with E-state index in [4.69, 9.17) is 28.8 Å². The van der Waals surface area contributed by atoms with Crippen molar-refractivity contribution in [2.24, 2.45) is 5.10 Å². The van der Waals surface area contributed by atoms with Crippen LogP contribution in [0.25, 0.3) is 10.8 Å². The Labute approximate surface area is 221 Å². The van der Waals surface area contributed by atoms with Crippen molar-refractivity contribution in [1.82, 2.24) is 0 Å². The van der Waals surface area contributed by atoms with E-state index in [9.17, 15) is 5.11 Å². The summed E-state index contributed by atoms with van der Waals surface area (Å²) in [5.41, 5.74) is 3.07. The van der Waals surface area contributed by atoms with Gasteiger partial charge in [0, 0.05) is 41.1 Å². The van der Waals surface area contributed by atoms with Gasteiger partial charge in [-0.2, -0.15) is 5.10 Å². The van der Waals surface area contributed by atoms with Crippen LogP contribution in [0.15, 0.2) is 71.8 Å². The number of hydrogen-bond acceptors (Lipinski definition) is 8. The Morgan fingerprint density at radius 1 is 0.763 bits per heavy atom. The van der Waals surface area contributed by atoms with Crippen molar-refractivity contribution in [2.45, 2.75) is 12.5 Å². The van der Waals surface area contributed by atoms with E-state index >= 15 is 0 Å². The van der Waals surface area contributed by atoms with Gasteiger partial charge in [0.2, 0.25) is 5.75 Å². The number of phenolic OH excluding ortho intramolecular Hbond substituents is 1. The highest BCUT2D eigenvalue weighted by Gasteiger charge is 2.34. The molecule has 5 rings (SSSR count). The molecule has 1 aliphatic heterocycles. The molecule has 0 spiro atoms. The van der Waals surface area contributed by atoms with Gasteiger partial charge in [0.25, 0.3) is 0 Å². The van der Waals surface area contributed by atoms with Gasteiger partial charge in [-0.1, -0.05) is 30.3 Å². The molecule has 0 fully saturated rings. The summed E-state index contributed by atoms with van der Waals surface area (Å²) in [4.78, 5) is 0. The molecule has 38 heavy (non-hydrogen) atoms. The van der Waals surface area contributed by atoms with Crippen LogP contribution in [0.4, 0.5) is 5.69 Å². The molecule has 0 saturated carbocycles. The summed E-state index contributed by atoms with van der Waals surface area (Å²) in [6, 6.07) is 20.9. The molecule has 0 aliphatic carbocycles. The number of fused-ring (bicyclic) bond motifs is 1. The van der Waals surface area contributed by atoms with Crippen LogP contribution in [0.5, 0.6) is 34.5 Å². The molecule has 4 aromatic carbocycles. The maximum absolute atomic E-state index is 11.2. The molecule has 1 N–H and O–H groups in total. The third-order valence-corrected chi connectivity index (χ3v) is 6.84. The van der Waals surface area contributed by atoms with Crippen LogP contribution in [0, 0.1) is 0 Å². The first-order chi connectivity index (χ1) is 18.5. The first kappa shape index (κ1) is 25.1. The standard InChI is InChI=1S/C30H30N2O6/c1-34-20-11-13-23(26(16-20)35-2)25-17-24(22-12-10-18-8-6-7-9-21(18)29(22)33)31-32(25)19-14-27(36-3)30(38-5)28(15-19)37-4/h6-16,25,33H,17H2,1-5H3. The van der Waals surface area contributed by atoms with Crippen molar-refractivity contribution >= 4 is 22.2 Å². The number of aromatic hydroxyl groups is 1. The van der Waals surface area contributed by atoms with Crippen LogP contribution in [0.1, 0.15) is 23.6 Å². The number of nitrogens with zero attached hydrogens (tertiary/aromatic N) is 2. The van der Waals surface area contributed by atoms with E-state index in [-0.39, 0.29) is 11.8 Å². The average molecular weight is 515 g/mol. The molecule has 0 aromatic heterocycles.